The molecule has 7 heteroatoms. The van der Waals surface area contributed by atoms with E-state index in [0.717, 1.165) is 12.6 Å². The highest BCUT2D eigenvalue weighted by Crippen LogP contribution is 2.19. The highest BCUT2D eigenvalue weighted by Gasteiger charge is 2.22. The molecular weight excluding hydrogens is 309 g/mol. The maximum Gasteiger partial charge on any atom is 0.255 e. The zero-order chi connectivity index (χ0) is 16.9. The van der Waals surface area contributed by atoms with Crippen molar-refractivity contribution in [1.29, 1.82) is 5.26 Å². The average Bonchev–Trinajstić information content (AvgIpc) is 2.87. The molecule has 1 fully saturated rings. The Labute approximate surface area is 139 Å². The van der Waals surface area contributed by atoms with Crippen LogP contribution in [-0.2, 0) is 0 Å². The van der Waals surface area contributed by atoms with E-state index in [0.29, 0.717) is 37.6 Å². The van der Waals surface area contributed by atoms with E-state index in [1.165, 1.54) is 12.3 Å². The highest BCUT2D eigenvalue weighted by atomic mass is 19.1. The van der Waals surface area contributed by atoms with Gasteiger partial charge in [-0.2, -0.15) is 5.26 Å². The molecule has 0 spiro atoms. The van der Waals surface area contributed by atoms with Crippen LogP contribution in [0.15, 0.2) is 36.8 Å². The minimum atomic E-state index is -0.524. The van der Waals surface area contributed by atoms with Gasteiger partial charge in [-0.15, -0.1) is 0 Å². The van der Waals surface area contributed by atoms with Crippen molar-refractivity contribution in [3.05, 3.63) is 53.7 Å². The summed E-state index contributed by atoms with van der Waals surface area (Å²) in [5, 5.41) is 9.21. The maximum absolute atomic E-state index is 13.3. The van der Waals surface area contributed by atoms with E-state index in [4.69, 9.17) is 0 Å². The lowest BCUT2D eigenvalue weighted by Gasteiger charge is -2.23. The predicted octanol–water partition coefficient (Wildman–Crippen LogP) is 1.84. The van der Waals surface area contributed by atoms with Gasteiger partial charge >= 0.3 is 0 Å². The summed E-state index contributed by atoms with van der Waals surface area (Å²) in [6.45, 7) is 2.33. The van der Waals surface area contributed by atoms with Crippen LogP contribution < -0.4 is 4.90 Å². The number of pyridine rings is 2. The van der Waals surface area contributed by atoms with Crippen LogP contribution >= 0.6 is 0 Å². The van der Waals surface area contributed by atoms with Crippen LogP contribution in [0.1, 0.15) is 22.3 Å². The minimum Gasteiger partial charge on any atom is -0.354 e. The number of carbonyl (C=O) groups is 1. The molecule has 122 valence electrons. The molecule has 0 aromatic carbocycles. The van der Waals surface area contributed by atoms with Crippen LogP contribution in [0.25, 0.3) is 0 Å². The van der Waals surface area contributed by atoms with Gasteiger partial charge in [-0.25, -0.2) is 9.37 Å². The first-order valence-electron chi connectivity index (χ1n) is 7.69. The van der Waals surface area contributed by atoms with Crippen molar-refractivity contribution >= 4 is 11.7 Å². The van der Waals surface area contributed by atoms with Gasteiger partial charge in [0.1, 0.15) is 17.7 Å². The number of halogens is 1. The average molecular weight is 325 g/mol. The van der Waals surface area contributed by atoms with Crippen molar-refractivity contribution in [1.82, 2.24) is 14.9 Å². The molecule has 0 aliphatic carbocycles. The van der Waals surface area contributed by atoms with Crippen LogP contribution in [-0.4, -0.2) is 47.0 Å². The van der Waals surface area contributed by atoms with Crippen molar-refractivity contribution in [3.8, 4) is 6.07 Å². The van der Waals surface area contributed by atoms with Crippen molar-refractivity contribution in [3.63, 3.8) is 0 Å². The van der Waals surface area contributed by atoms with Crippen LogP contribution in [0, 0.1) is 17.1 Å². The summed E-state index contributed by atoms with van der Waals surface area (Å²) in [6.07, 6.45) is 4.85. The van der Waals surface area contributed by atoms with E-state index in [2.05, 4.69) is 16.0 Å². The lowest BCUT2D eigenvalue weighted by Crippen LogP contribution is -2.35. The molecule has 2 aromatic rings. The standard InChI is InChI=1S/C17H16FN5O/c18-15-9-14(11-20-12-15)17(24)23-6-2-5-22(7-8-23)16-13(10-19)3-1-4-21-16/h1,3-4,9,11-12H,2,5-8H2. The summed E-state index contributed by atoms with van der Waals surface area (Å²) < 4.78 is 13.3. The summed E-state index contributed by atoms with van der Waals surface area (Å²) in [5.74, 6) is -0.114. The summed E-state index contributed by atoms with van der Waals surface area (Å²) in [4.78, 5) is 24.2. The molecule has 0 N–H and O–H groups in total. The van der Waals surface area contributed by atoms with Gasteiger partial charge in [0.05, 0.1) is 17.3 Å². The zero-order valence-electron chi connectivity index (χ0n) is 13.0. The van der Waals surface area contributed by atoms with Gasteiger partial charge in [0.15, 0.2) is 0 Å². The van der Waals surface area contributed by atoms with Crippen molar-refractivity contribution < 1.29 is 9.18 Å². The van der Waals surface area contributed by atoms with Gasteiger partial charge in [-0.05, 0) is 24.6 Å². The number of carbonyl (C=O) groups excluding carboxylic acids is 1. The fraction of sp³-hybridized carbons (Fsp3) is 0.294. The number of amides is 1. The fourth-order valence-corrected chi connectivity index (χ4v) is 2.78. The van der Waals surface area contributed by atoms with E-state index in [9.17, 15) is 14.4 Å². The molecular formula is C17H16FN5O. The maximum atomic E-state index is 13.3. The van der Waals surface area contributed by atoms with E-state index in [1.54, 1.807) is 23.2 Å². The zero-order valence-corrected chi connectivity index (χ0v) is 13.0. The highest BCUT2D eigenvalue weighted by molar-refractivity contribution is 5.94. The SMILES string of the molecule is N#Cc1cccnc1N1CCCN(C(=O)c2cncc(F)c2)CC1. The molecule has 1 aliphatic rings. The Morgan fingerprint density at radius 2 is 2.12 bits per heavy atom. The van der Waals surface area contributed by atoms with E-state index in [-0.39, 0.29) is 11.5 Å². The molecule has 0 atom stereocenters. The minimum absolute atomic E-state index is 0.231. The molecule has 1 saturated heterocycles. The molecule has 24 heavy (non-hydrogen) atoms. The number of rotatable bonds is 2. The Kier molecular flexibility index (Phi) is 4.66. The Hall–Kier alpha value is -3.01. The van der Waals surface area contributed by atoms with Crippen LogP contribution in [0.4, 0.5) is 10.2 Å². The van der Waals surface area contributed by atoms with E-state index < -0.39 is 5.82 Å². The summed E-state index contributed by atoms with van der Waals surface area (Å²) in [7, 11) is 0. The second-order valence-corrected chi connectivity index (χ2v) is 5.51. The molecule has 6 nitrogen and oxygen atoms in total. The first-order chi connectivity index (χ1) is 11.7. The Morgan fingerprint density at radius 1 is 1.25 bits per heavy atom. The second-order valence-electron chi connectivity index (χ2n) is 5.51. The van der Waals surface area contributed by atoms with E-state index in [1.807, 2.05) is 4.90 Å². The number of anilines is 1. The molecule has 0 unspecified atom stereocenters. The van der Waals surface area contributed by atoms with Gasteiger partial charge in [-0.3, -0.25) is 9.78 Å². The molecule has 2 aromatic heterocycles. The predicted molar refractivity (Wildman–Crippen MR) is 85.9 cm³/mol. The molecule has 3 heterocycles. The number of hydrogen-bond acceptors (Lipinski definition) is 5. The Morgan fingerprint density at radius 3 is 2.92 bits per heavy atom. The number of nitrogens with zero attached hydrogens (tertiary/aromatic N) is 5. The van der Waals surface area contributed by atoms with Crippen molar-refractivity contribution in [2.75, 3.05) is 31.1 Å². The van der Waals surface area contributed by atoms with Gasteiger partial charge in [0, 0.05) is 38.6 Å². The fourth-order valence-electron chi connectivity index (χ4n) is 2.78. The van der Waals surface area contributed by atoms with Gasteiger partial charge in [0.25, 0.3) is 5.91 Å². The normalized spacial score (nSPS) is 14.8. The third-order valence-corrected chi connectivity index (χ3v) is 3.94. The number of aromatic nitrogens is 2. The monoisotopic (exact) mass is 325 g/mol. The van der Waals surface area contributed by atoms with Crippen molar-refractivity contribution in [2.24, 2.45) is 0 Å². The van der Waals surface area contributed by atoms with Crippen molar-refractivity contribution in [2.45, 2.75) is 6.42 Å². The van der Waals surface area contributed by atoms with Gasteiger partial charge < -0.3 is 9.80 Å². The largest absolute Gasteiger partial charge is 0.354 e. The molecule has 1 amide bonds. The topological polar surface area (TPSA) is 73.1 Å². The van der Waals surface area contributed by atoms with Crippen LogP contribution in [0.3, 0.4) is 0 Å². The molecule has 0 radical (unpaired) electrons. The summed E-state index contributed by atoms with van der Waals surface area (Å²) >= 11 is 0. The smallest absolute Gasteiger partial charge is 0.255 e. The van der Waals surface area contributed by atoms with Gasteiger partial charge in [0.2, 0.25) is 0 Å². The summed E-state index contributed by atoms with van der Waals surface area (Å²) in [5.41, 5.74) is 0.769. The Balaban J connectivity index is 1.74. The molecule has 3 rings (SSSR count). The first-order valence-corrected chi connectivity index (χ1v) is 7.69. The first kappa shape index (κ1) is 15.9. The van der Waals surface area contributed by atoms with Gasteiger partial charge in [-0.1, -0.05) is 0 Å². The van der Waals surface area contributed by atoms with Crippen LogP contribution in [0.2, 0.25) is 0 Å². The lowest BCUT2D eigenvalue weighted by molar-refractivity contribution is 0.0766. The third kappa shape index (κ3) is 3.33. The summed E-state index contributed by atoms with van der Waals surface area (Å²) in [6, 6.07) is 6.80. The lowest BCUT2D eigenvalue weighted by atomic mass is 10.2. The number of nitriles is 1. The van der Waals surface area contributed by atoms with Crippen LogP contribution in [0.5, 0.6) is 0 Å². The number of hydrogen-bond donors (Lipinski definition) is 0. The second kappa shape index (κ2) is 7.04. The quantitative estimate of drug-likeness (QED) is 0.842. The van der Waals surface area contributed by atoms with E-state index >= 15 is 0 Å². The third-order valence-electron chi connectivity index (χ3n) is 3.94. The molecule has 0 saturated carbocycles. The Bertz CT molecular complexity index is 789. The molecule has 0 bridgehead atoms. The molecule has 1 aliphatic heterocycles.